The van der Waals surface area contributed by atoms with Crippen molar-refractivity contribution in [2.45, 2.75) is 31.6 Å². The molecule has 1 aromatic rings. The first-order valence-corrected chi connectivity index (χ1v) is 8.95. The Kier molecular flexibility index (Phi) is 8.62. The van der Waals surface area contributed by atoms with E-state index in [1.165, 1.54) is 0 Å². The van der Waals surface area contributed by atoms with E-state index < -0.39 is 0 Å². The van der Waals surface area contributed by atoms with Crippen molar-refractivity contribution in [1.82, 2.24) is 4.90 Å². The molecule has 0 radical (unpaired) electrons. The van der Waals surface area contributed by atoms with Gasteiger partial charge in [0.2, 0.25) is 5.91 Å². The van der Waals surface area contributed by atoms with Crippen LogP contribution in [-0.4, -0.2) is 35.7 Å². The summed E-state index contributed by atoms with van der Waals surface area (Å²) >= 11 is 7.60. The predicted octanol–water partition coefficient (Wildman–Crippen LogP) is 3.58. The van der Waals surface area contributed by atoms with Gasteiger partial charge in [0.15, 0.2) is 0 Å². The van der Waals surface area contributed by atoms with E-state index in [0.717, 1.165) is 42.3 Å². The van der Waals surface area contributed by atoms with Crippen molar-refractivity contribution in [3.63, 3.8) is 0 Å². The maximum absolute atomic E-state index is 12.2. The van der Waals surface area contributed by atoms with Crippen LogP contribution in [0.1, 0.15) is 25.3 Å². The minimum Gasteiger partial charge on any atom is -0.342 e. The van der Waals surface area contributed by atoms with Crippen molar-refractivity contribution in [2.75, 3.05) is 18.8 Å². The molecule has 1 saturated heterocycles. The summed E-state index contributed by atoms with van der Waals surface area (Å²) in [6.07, 6.45) is 2.06. The van der Waals surface area contributed by atoms with Gasteiger partial charge in [-0.15, -0.1) is 24.2 Å². The van der Waals surface area contributed by atoms with Gasteiger partial charge in [-0.25, -0.2) is 0 Å². The molecule has 0 aliphatic carbocycles. The van der Waals surface area contributed by atoms with Crippen molar-refractivity contribution in [2.24, 2.45) is 11.7 Å². The lowest BCUT2D eigenvalue weighted by atomic mass is 9.91. The molecule has 3 nitrogen and oxygen atoms in total. The molecule has 0 spiro atoms. The molecule has 6 heteroatoms. The van der Waals surface area contributed by atoms with Crippen LogP contribution in [0.3, 0.4) is 0 Å². The third kappa shape index (κ3) is 5.99. The highest BCUT2D eigenvalue weighted by Gasteiger charge is 2.24. The normalized spacial score (nSPS) is 17.0. The van der Waals surface area contributed by atoms with E-state index in [0.29, 0.717) is 11.7 Å². The Morgan fingerprint density at radius 2 is 2.14 bits per heavy atom. The fourth-order valence-electron chi connectivity index (χ4n) is 2.65. The fraction of sp³-hybridized carbons (Fsp3) is 0.562. The monoisotopic (exact) mass is 362 g/mol. The van der Waals surface area contributed by atoms with Crippen molar-refractivity contribution in [1.29, 1.82) is 0 Å². The number of hydrogen-bond acceptors (Lipinski definition) is 3. The van der Waals surface area contributed by atoms with Gasteiger partial charge >= 0.3 is 0 Å². The first-order valence-electron chi connectivity index (χ1n) is 7.42. The van der Waals surface area contributed by atoms with E-state index in [1.54, 1.807) is 11.8 Å². The lowest BCUT2D eigenvalue weighted by molar-refractivity contribution is -0.129. The van der Waals surface area contributed by atoms with E-state index >= 15 is 0 Å². The molecule has 0 bridgehead atoms. The summed E-state index contributed by atoms with van der Waals surface area (Å²) in [5.74, 6) is 2.16. The van der Waals surface area contributed by atoms with E-state index in [2.05, 4.69) is 6.92 Å². The van der Waals surface area contributed by atoms with Crippen molar-refractivity contribution in [3.8, 4) is 0 Å². The van der Waals surface area contributed by atoms with Crippen LogP contribution in [0.5, 0.6) is 0 Å². The van der Waals surface area contributed by atoms with Crippen LogP contribution in [-0.2, 0) is 10.5 Å². The number of amides is 1. The number of hydrogen-bond donors (Lipinski definition) is 1. The lowest BCUT2D eigenvalue weighted by Crippen LogP contribution is -2.43. The van der Waals surface area contributed by atoms with Gasteiger partial charge in [-0.3, -0.25) is 4.79 Å². The second-order valence-electron chi connectivity index (χ2n) is 5.70. The van der Waals surface area contributed by atoms with Crippen LogP contribution in [0, 0.1) is 5.92 Å². The number of nitrogens with zero attached hydrogens (tertiary/aromatic N) is 1. The van der Waals surface area contributed by atoms with Gasteiger partial charge in [0.1, 0.15) is 0 Å². The molecule has 0 aromatic heterocycles. The molecule has 1 amide bonds. The molecular formula is C16H24Cl2N2OS. The quantitative estimate of drug-likeness (QED) is 0.870. The maximum atomic E-state index is 12.2. The highest BCUT2D eigenvalue weighted by molar-refractivity contribution is 7.99. The molecule has 1 aromatic carbocycles. The van der Waals surface area contributed by atoms with E-state index in [9.17, 15) is 4.79 Å². The summed E-state index contributed by atoms with van der Waals surface area (Å²) in [7, 11) is 0. The minimum absolute atomic E-state index is 0. The largest absolute Gasteiger partial charge is 0.342 e. The van der Waals surface area contributed by atoms with Crippen LogP contribution < -0.4 is 5.73 Å². The lowest BCUT2D eigenvalue weighted by Gasteiger charge is -2.33. The molecule has 1 atom stereocenters. The first-order chi connectivity index (χ1) is 10.1. The summed E-state index contributed by atoms with van der Waals surface area (Å²) in [5.41, 5.74) is 7.09. The topological polar surface area (TPSA) is 46.3 Å². The van der Waals surface area contributed by atoms with Gasteiger partial charge in [0.05, 0.1) is 5.75 Å². The van der Waals surface area contributed by atoms with Crippen LogP contribution in [0.2, 0.25) is 5.02 Å². The molecule has 2 N–H and O–H groups in total. The Balaban J connectivity index is 0.00000242. The van der Waals surface area contributed by atoms with Gasteiger partial charge in [0.25, 0.3) is 0 Å². The highest BCUT2D eigenvalue weighted by Crippen LogP contribution is 2.21. The zero-order chi connectivity index (χ0) is 15.2. The van der Waals surface area contributed by atoms with E-state index in [4.69, 9.17) is 17.3 Å². The number of carbonyl (C=O) groups excluding carboxylic acids is 1. The van der Waals surface area contributed by atoms with Gasteiger partial charge < -0.3 is 10.6 Å². The van der Waals surface area contributed by atoms with Gasteiger partial charge in [-0.1, -0.05) is 23.7 Å². The van der Waals surface area contributed by atoms with Gasteiger partial charge in [0, 0.05) is 29.9 Å². The van der Waals surface area contributed by atoms with Crippen LogP contribution in [0.15, 0.2) is 24.3 Å². The number of piperidine rings is 1. The Morgan fingerprint density at radius 3 is 2.73 bits per heavy atom. The Bertz CT molecular complexity index is 477. The first kappa shape index (κ1) is 19.6. The number of likely N-dealkylation sites (tertiary alicyclic amines) is 1. The molecule has 1 aliphatic rings. The maximum Gasteiger partial charge on any atom is 0.232 e. The average molecular weight is 363 g/mol. The summed E-state index contributed by atoms with van der Waals surface area (Å²) in [6.45, 7) is 3.76. The molecule has 124 valence electrons. The number of thioether (sulfide) groups is 1. The molecular weight excluding hydrogens is 339 g/mol. The number of nitrogens with two attached hydrogens (primary N) is 1. The second-order valence-corrected chi connectivity index (χ2v) is 7.12. The molecule has 1 unspecified atom stereocenters. The number of benzene rings is 1. The van der Waals surface area contributed by atoms with Crippen molar-refractivity contribution < 1.29 is 4.79 Å². The van der Waals surface area contributed by atoms with Crippen LogP contribution in [0.4, 0.5) is 0 Å². The third-order valence-electron chi connectivity index (χ3n) is 4.02. The third-order valence-corrected chi connectivity index (χ3v) is 5.24. The number of carbonyl (C=O) groups is 1. The summed E-state index contributed by atoms with van der Waals surface area (Å²) in [5, 5.41) is 0.748. The van der Waals surface area contributed by atoms with Crippen molar-refractivity contribution >= 4 is 41.7 Å². The van der Waals surface area contributed by atoms with Crippen LogP contribution >= 0.6 is 35.8 Å². The standard InChI is InChI=1S/C16H23ClN2OS.ClH/c1-12(18)14-5-7-19(8-6-14)16(20)11-21-10-13-3-2-4-15(17)9-13;/h2-4,9,12,14H,5-8,10-11,18H2,1H3;1H. The average Bonchev–Trinajstić information content (AvgIpc) is 2.47. The molecule has 1 heterocycles. The zero-order valence-corrected chi connectivity index (χ0v) is 15.2. The molecule has 1 fully saturated rings. The Morgan fingerprint density at radius 1 is 1.45 bits per heavy atom. The number of rotatable bonds is 5. The Hall–Kier alpha value is -0.420. The summed E-state index contributed by atoms with van der Waals surface area (Å²) in [6, 6.07) is 8.03. The fourth-order valence-corrected chi connectivity index (χ4v) is 3.74. The minimum atomic E-state index is 0. The number of halogens is 2. The SMILES string of the molecule is CC(N)C1CCN(C(=O)CSCc2cccc(Cl)c2)CC1.Cl. The second kappa shape index (κ2) is 9.66. The molecule has 0 saturated carbocycles. The predicted molar refractivity (Wildman–Crippen MR) is 97.8 cm³/mol. The van der Waals surface area contributed by atoms with E-state index in [1.807, 2.05) is 29.2 Å². The smallest absolute Gasteiger partial charge is 0.232 e. The highest BCUT2D eigenvalue weighted by atomic mass is 35.5. The van der Waals surface area contributed by atoms with Gasteiger partial charge in [-0.05, 0) is 43.4 Å². The van der Waals surface area contributed by atoms with Crippen LogP contribution in [0.25, 0.3) is 0 Å². The van der Waals surface area contributed by atoms with Crippen molar-refractivity contribution in [3.05, 3.63) is 34.9 Å². The molecule has 2 rings (SSSR count). The zero-order valence-electron chi connectivity index (χ0n) is 12.8. The molecule has 1 aliphatic heterocycles. The van der Waals surface area contributed by atoms with Gasteiger partial charge in [-0.2, -0.15) is 0 Å². The van der Waals surface area contributed by atoms with E-state index in [-0.39, 0.29) is 24.4 Å². The summed E-state index contributed by atoms with van der Waals surface area (Å²) in [4.78, 5) is 14.2. The molecule has 22 heavy (non-hydrogen) atoms. The summed E-state index contributed by atoms with van der Waals surface area (Å²) < 4.78 is 0. The Labute approximate surface area is 148 Å².